The Bertz CT molecular complexity index is 167. The van der Waals surface area contributed by atoms with Crippen LogP contribution >= 0.6 is 0 Å². The Labute approximate surface area is 106 Å². The topological polar surface area (TPSA) is 50.7 Å². The van der Waals surface area contributed by atoms with Gasteiger partial charge in [-0.2, -0.15) is 0 Å². The third kappa shape index (κ3) is 9.53. The second-order valence-electron chi connectivity index (χ2n) is 4.56. The van der Waals surface area contributed by atoms with E-state index >= 15 is 0 Å². The summed E-state index contributed by atoms with van der Waals surface area (Å²) in [5.41, 5.74) is -0.167. The van der Waals surface area contributed by atoms with Gasteiger partial charge >= 0.3 is 0 Å². The third-order valence-electron chi connectivity index (χ3n) is 2.74. The highest BCUT2D eigenvalue weighted by Gasteiger charge is 2.21. The monoisotopic (exact) mass is 247 g/mol. The molecule has 104 valence electrons. The van der Waals surface area contributed by atoms with Crippen molar-refractivity contribution in [2.45, 2.75) is 45.6 Å². The van der Waals surface area contributed by atoms with E-state index in [9.17, 15) is 5.11 Å². The molecule has 0 radical (unpaired) electrons. The zero-order valence-corrected chi connectivity index (χ0v) is 11.6. The first-order valence-electron chi connectivity index (χ1n) is 6.70. The number of rotatable bonds is 12. The number of hydrogen-bond acceptors (Lipinski definition) is 4. The molecule has 1 atom stereocenters. The molecule has 0 fully saturated rings. The van der Waals surface area contributed by atoms with Crippen LogP contribution in [0.15, 0.2) is 0 Å². The quantitative estimate of drug-likeness (QED) is 0.514. The Morgan fingerprint density at radius 1 is 1.12 bits per heavy atom. The van der Waals surface area contributed by atoms with Crippen LogP contribution in [-0.4, -0.2) is 50.2 Å². The van der Waals surface area contributed by atoms with Crippen LogP contribution in [0.1, 0.15) is 40.0 Å². The molecule has 0 heterocycles. The van der Waals surface area contributed by atoms with Gasteiger partial charge < -0.3 is 19.9 Å². The van der Waals surface area contributed by atoms with Gasteiger partial charge in [-0.1, -0.05) is 6.92 Å². The van der Waals surface area contributed by atoms with Gasteiger partial charge in [0.25, 0.3) is 0 Å². The van der Waals surface area contributed by atoms with Crippen LogP contribution in [0.4, 0.5) is 0 Å². The van der Waals surface area contributed by atoms with Gasteiger partial charge in [-0.05, 0) is 39.7 Å². The maximum absolute atomic E-state index is 9.36. The molecule has 0 aliphatic heterocycles. The van der Waals surface area contributed by atoms with Crippen LogP contribution in [-0.2, 0) is 9.47 Å². The van der Waals surface area contributed by atoms with Crippen molar-refractivity contribution in [1.82, 2.24) is 5.32 Å². The average Bonchev–Trinajstić information content (AvgIpc) is 2.35. The van der Waals surface area contributed by atoms with Gasteiger partial charge in [-0.3, -0.25) is 0 Å². The Hall–Kier alpha value is -0.160. The fraction of sp³-hybridized carbons (Fsp3) is 1.00. The van der Waals surface area contributed by atoms with Crippen molar-refractivity contribution in [3.63, 3.8) is 0 Å². The molecule has 0 aliphatic rings. The maximum atomic E-state index is 9.36. The lowest BCUT2D eigenvalue weighted by Gasteiger charge is -2.28. The van der Waals surface area contributed by atoms with Gasteiger partial charge in [0.05, 0.1) is 19.8 Å². The van der Waals surface area contributed by atoms with Crippen LogP contribution < -0.4 is 5.32 Å². The summed E-state index contributed by atoms with van der Waals surface area (Å²) in [7, 11) is 0. The normalized spacial score (nSPS) is 14.8. The van der Waals surface area contributed by atoms with Crippen molar-refractivity contribution in [3.8, 4) is 0 Å². The van der Waals surface area contributed by atoms with Crippen molar-refractivity contribution in [1.29, 1.82) is 0 Å². The first-order chi connectivity index (χ1) is 8.18. The van der Waals surface area contributed by atoms with Crippen molar-refractivity contribution < 1.29 is 14.6 Å². The molecule has 0 spiro atoms. The van der Waals surface area contributed by atoms with Gasteiger partial charge in [0.15, 0.2) is 0 Å². The van der Waals surface area contributed by atoms with Crippen LogP contribution in [0.2, 0.25) is 0 Å². The summed E-state index contributed by atoms with van der Waals surface area (Å²) >= 11 is 0. The molecular weight excluding hydrogens is 218 g/mol. The molecule has 0 saturated heterocycles. The van der Waals surface area contributed by atoms with Crippen molar-refractivity contribution in [2.75, 3.05) is 39.6 Å². The summed E-state index contributed by atoms with van der Waals surface area (Å²) in [5, 5.41) is 12.7. The lowest BCUT2D eigenvalue weighted by Crippen LogP contribution is -2.46. The smallest absolute Gasteiger partial charge is 0.0700 e. The Kier molecular flexibility index (Phi) is 10.9. The van der Waals surface area contributed by atoms with E-state index in [1.165, 1.54) is 0 Å². The molecule has 4 heteroatoms. The Morgan fingerprint density at radius 2 is 1.82 bits per heavy atom. The highest BCUT2D eigenvalue weighted by atomic mass is 16.5. The lowest BCUT2D eigenvalue weighted by molar-refractivity contribution is 0.0474. The zero-order valence-electron chi connectivity index (χ0n) is 11.6. The second-order valence-corrected chi connectivity index (χ2v) is 4.56. The van der Waals surface area contributed by atoms with E-state index in [0.717, 1.165) is 39.0 Å². The summed E-state index contributed by atoms with van der Waals surface area (Å²) in [6.07, 6.45) is 2.97. The molecule has 0 amide bonds. The lowest BCUT2D eigenvalue weighted by atomic mass is 9.97. The van der Waals surface area contributed by atoms with Gasteiger partial charge in [0.2, 0.25) is 0 Å². The Balaban J connectivity index is 3.48. The van der Waals surface area contributed by atoms with E-state index in [-0.39, 0.29) is 12.1 Å². The molecule has 2 N–H and O–H groups in total. The number of aliphatic hydroxyl groups excluding tert-OH is 1. The van der Waals surface area contributed by atoms with Crippen LogP contribution in [0.25, 0.3) is 0 Å². The van der Waals surface area contributed by atoms with E-state index in [0.29, 0.717) is 13.2 Å². The van der Waals surface area contributed by atoms with E-state index < -0.39 is 0 Å². The molecule has 17 heavy (non-hydrogen) atoms. The highest BCUT2D eigenvalue weighted by molar-refractivity contribution is 4.81. The number of aliphatic hydroxyl groups is 1. The minimum Gasteiger partial charge on any atom is -0.394 e. The molecule has 1 unspecified atom stereocenters. The summed E-state index contributed by atoms with van der Waals surface area (Å²) in [5.74, 6) is 0. The molecule has 0 aromatic rings. The van der Waals surface area contributed by atoms with E-state index in [1.807, 2.05) is 6.92 Å². The SMILES string of the molecule is CCCNC(C)(CO)CCCOCCOCC. The maximum Gasteiger partial charge on any atom is 0.0700 e. The van der Waals surface area contributed by atoms with Crippen molar-refractivity contribution in [2.24, 2.45) is 0 Å². The summed E-state index contributed by atoms with van der Waals surface area (Å²) in [6, 6.07) is 0. The van der Waals surface area contributed by atoms with Crippen LogP contribution in [0, 0.1) is 0 Å². The molecule has 0 bridgehead atoms. The fourth-order valence-electron chi connectivity index (χ4n) is 1.58. The standard InChI is InChI=1S/C13H29NO3/c1-4-8-14-13(3,12-15)7-6-9-17-11-10-16-5-2/h14-15H,4-12H2,1-3H3. The van der Waals surface area contributed by atoms with Crippen LogP contribution in [0.5, 0.6) is 0 Å². The minimum atomic E-state index is -0.167. The van der Waals surface area contributed by atoms with Gasteiger partial charge in [-0.15, -0.1) is 0 Å². The summed E-state index contributed by atoms with van der Waals surface area (Å²) < 4.78 is 10.6. The second kappa shape index (κ2) is 11.0. The average molecular weight is 247 g/mol. The predicted octanol–water partition coefficient (Wildman–Crippen LogP) is 1.57. The molecule has 0 saturated carbocycles. The van der Waals surface area contributed by atoms with Gasteiger partial charge in [0.1, 0.15) is 0 Å². The first kappa shape index (κ1) is 16.8. The van der Waals surface area contributed by atoms with Crippen molar-refractivity contribution >= 4 is 0 Å². The molecular formula is C13H29NO3. The van der Waals surface area contributed by atoms with Crippen LogP contribution in [0.3, 0.4) is 0 Å². The van der Waals surface area contributed by atoms with E-state index in [4.69, 9.17) is 9.47 Å². The molecule has 0 aliphatic carbocycles. The summed E-state index contributed by atoms with van der Waals surface area (Å²) in [4.78, 5) is 0. The predicted molar refractivity (Wildman–Crippen MR) is 70.3 cm³/mol. The van der Waals surface area contributed by atoms with E-state index in [2.05, 4.69) is 19.2 Å². The fourth-order valence-corrected chi connectivity index (χ4v) is 1.58. The first-order valence-corrected chi connectivity index (χ1v) is 6.70. The number of nitrogens with one attached hydrogen (secondary N) is 1. The molecule has 0 aromatic carbocycles. The zero-order chi connectivity index (χ0) is 13.0. The van der Waals surface area contributed by atoms with Gasteiger partial charge in [-0.25, -0.2) is 0 Å². The third-order valence-corrected chi connectivity index (χ3v) is 2.74. The molecule has 0 rings (SSSR count). The highest BCUT2D eigenvalue weighted by Crippen LogP contribution is 2.11. The number of hydrogen-bond donors (Lipinski definition) is 2. The molecule has 4 nitrogen and oxygen atoms in total. The largest absolute Gasteiger partial charge is 0.394 e. The number of ether oxygens (including phenoxy) is 2. The van der Waals surface area contributed by atoms with Crippen molar-refractivity contribution in [3.05, 3.63) is 0 Å². The Morgan fingerprint density at radius 3 is 2.41 bits per heavy atom. The minimum absolute atomic E-state index is 0.167. The van der Waals surface area contributed by atoms with Gasteiger partial charge in [0, 0.05) is 18.8 Å². The van der Waals surface area contributed by atoms with E-state index in [1.54, 1.807) is 0 Å². The summed E-state index contributed by atoms with van der Waals surface area (Å²) in [6.45, 7) is 10.1. The molecule has 0 aromatic heterocycles.